The Bertz CT molecular complexity index is 1000. The lowest BCUT2D eigenvalue weighted by atomic mass is 10.1. The standard InChI is InChI=1S/C13H20N2O3.C12H14N2S/c1-16-10-8-11(17-2)13(12(9-10)18-3)15-6-4-14-5-7-15;1-2-7-14(8-3-1)11-6-4-5-10-12(11)15-9-13-10/h8-9,14H,4-7H2,1-3H3;4-6,9H,1-3,7-8H2. The molecule has 0 unspecified atom stereocenters. The second kappa shape index (κ2) is 11.4. The minimum atomic E-state index is 0.739. The predicted molar refractivity (Wildman–Crippen MR) is 137 cm³/mol. The summed E-state index contributed by atoms with van der Waals surface area (Å²) in [5.74, 6) is 2.31. The highest BCUT2D eigenvalue weighted by atomic mass is 32.1. The molecule has 2 saturated heterocycles. The van der Waals surface area contributed by atoms with Crippen LogP contribution in [0.3, 0.4) is 0 Å². The fourth-order valence-electron chi connectivity index (χ4n) is 4.44. The van der Waals surface area contributed by atoms with Gasteiger partial charge in [0, 0.05) is 51.4 Å². The van der Waals surface area contributed by atoms with Crippen LogP contribution >= 0.6 is 11.3 Å². The molecule has 0 aliphatic carbocycles. The summed E-state index contributed by atoms with van der Waals surface area (Å²) >= 11 is 1.75. The van der Waals surface area contributed by atoms with Crippen molar-refractivity contribution in [3.63, 3.8) is 0 Å². The summed E-state index contributed by atoms with van der Waals surface area (Å²) in [6, 6.07) is 10.2. The van der Waals surface area contributed by atoms with Crippen molar-refractivity contribution in [3.8, 4) is 17.2 Å². The monoisotopic (exact) mass is 470 g/mol. The second-order valence-corrected chi connectivity index (χ2v) is 9.00. The molecule has 0 radical (unpaired) electrons. The van der Waals surface area contributed by atoms with Crippen molar-refractivity contribution in [1.82, 2.24) is 10.3 Å². The Morgan fingerprint density at radius 1 is 0.848 bits per heavy atom. The number of fused-ring (bicyclic) bond motifs is 1. The highest BCUT2D eigenvalue weighted by Crippen LogP contribution is 2.41. The van der Waals surface area contributed by atoms with Gasteiger partial charge in [0.25, 0.3) is 0 Å². The van der Waals surface area contributed by atoms with E-state index in [2.05, 4.69) is 38.3 Å². The van der Waals surface area contributed by atoms with Crippen molar-refractivity contribution < 1.29 is 14.2 Å². The molecule has 2 aliphatic rings. The number of thiazole rings is 1. The maximum absolute atomic E-state index is 5.46. The van der Waals surface area contributed by atoms with Gasteiger partial charge in [0.15, 0.2) is 0 Å². The van der Waals surface area contributed by atoms with Gasteiger partial charge in [0.2, 0.25) is 0 Å². The summed E-state index contributed by atoms with van der Waals surface area (Å²) in [7, 11) is 4.97. The van der Waals surface area contributed by atoms with Crippen molar-refractivity contribution in [3.05, 3.63) is 35.8 Å². The van der Waals surface area contributed by atoms with Crippen LogP contribution in [0.15, 0.2) is 35.8 Å². The number of benzene rings is 2. The topological polar surface area (TPSA) is 59.1 Å². The smallest absolute Gasteiger partial charge is 0.149 e. The molecule has 2 aromatic carbocycles. The van der Waals surface area contributed by atoms with E-state index in [0.717, 1.165) is 54.6 Å². The van der Waals surface area contributed by atoms with Gasteiger partial charge in [-0.2, -0.15) is 0 Å². The molecule has 0 amide bonds. The summed E-state index contributed by atoms with van der Waals surface area (Å²) in [6.07, 6.45) is 4.04. The molecule has 5 rings (SSSR count). The Kier molecular flexibility index (Phi) is 8.12. The summed E-state index contributed by atoms with van der Waals surface area (Å²) in [6.45, 7) is 6.24. The van der Waals surface area contributed by atoms with Gasteiger partial charge >= 0.3 is 0 Å². The average molecular weight is 471 g/mol. The average Bonchev–Trinajstić information content (AvgIpc) is 3.38. The summed E-state index contributed by atoms with van der Waals surface area (Å²) in [4.78, 5) is 9.14. The normalized spacial score (nSPS) is 16.2. The van der Waals surface area contributed by atoms with E-state index in [1.165, 1.54) is 42.7 Å². The van der Waals surface area contributed by atoms with Gasteiger partial charge in [-0.15, -0.1) is 11.3 Å². The van der Waals surface area contributed by atoms with E-state index in [1.54, 1.807) is 32.7 Å². The molecule has 0 atom stereocenters. The van der Waals surface area contributed by atoms with Crippen molar-refractivity contribution in [1.29, 1.82) is 0 Å². The Balaban J connectivity index is 0.000000159. The third-order valence-electron chi connectivity index (χ3n) is 6.15. The van der Waals surface area contributed by atoms with Crippen LogP contribution in [0.1, 0.15) is 19.3 Å². The maximum Gasteiger partial charge on any atom is 0.149 e. The Morgan fingerprint density at radius 2 is 1.55 bits per heavy atom. The number of methoxy groups -OCH3 is 3. The minimum absolute atomic E-state index is 0.739. The highest BCUT2D eigenvalue weighted by molar-refractivity contribution is 7.17. The maximum atomic E-state index is 5.46. The van der Waals surface area contributed by atoms with Crippen molar-refractivity contribution >= 4 is 32.9 Å². The zero-order chi connectivity index (χ0) is 23.0. The van der Waals surface area contributed by atoms with Gasteiger partial charge in [-0.1, -0.05) is 6.07 Å². The first-order chi connectivity index (χ1) is 16.2. The second-order valence-electron chi connectivity index (χ2n) is 8.14. The first-order valence-electron chi connectivity index (χ1n) is 11.6. The molecule has 3 aromatic rings. The number of rotatable bonds is 5. The Morgan fingerprint density at radius 3 is 2.18 bits per heavy atom. The molecule has 7 nitrogen and oxygen atoms in total. The first-order valence-corrected chi connectivity index (χ1v) is 12.5. The van der Waals surface area contributed by atoms with Gasteiger partial charge < -0.3 is 29.3 Å². The molecule has 2 aliphatic heterocycles. The van der Waals surface area contributed by atoms with E-state index in [1.807, 2.05) is 17.6 Å². The number of piperazine rings is 1. The fraction of sp³-hybridized carbons (Fsp3) is 0.480. The van der Waals surface area contributed by atoms with Crippen LogP contribution in [-0.4, -0.2) is 65.6 Å². The summed E-state index contributed by atoms with van der Waals surface area (Å²) in [5, 5.41) is 3.33. The molecule has 8 heteroatoms. The predicted octanol–water partition coefficient (Wildman–Crippen LogP) is 4.41. The van der Waals surface area contributed by atoms with Crippen molar-refractivity contribution in [2.24, 2.45) is 0 Å². The number of hydrogen-bond donors (Lipinski definition) is 1. The van der Waals surface area contributed by atoms with E-state index < -0.39 is 0 Å². The zero-order valence-corrected chi connectivity index (χ0v) is 20.6. The van der Waals surface area contributed by atoms with Crippen LogP contribution in [0.5, 0.6) is 17.2 Å². The number of nitrogens with one attached hydrogen (secondary N) is 1. The molecule has 1 aromatic heterocycles. The lowest BCUT2D eigenvalue weighted by Gasteiger charge is -2.31. The Labute approximate surface area is 200 Å². The highest BCUT2D eigenvalue weighted by Gasteiger charge is 2.21. The lowest BCUT2D eigenvalue weighted by Crippen LogP contribution is -2.43. The SMILES string of the molecule is COc1cc(OC)c(N2CCNCC2)c(OC)c1.c1cc(N2CCCCC2)c2scnc2c1. The van der Waals surface area contributed by atoms with E-state index in [4.69, 9.17) is 14.2 Å². The van der Waals surface area contributed by atoms with Crippen LogP contribution in [0.2, 0.25) is 0 Å². The molecule has 33 heavy (non-hydrogen) atoms. The van der Waals surface area contributed by atoms with E-state index in [9.17, 15) is 0 Å². The molecular formula is C25H34N4O3S. The molecular weight excluding hydrogens is 436 g/mol. The van der Waals surface area contributed by atoms with E-state index >= 15 is 0 Å². The molecule has 0 saturated carbocycles. The van der Waals surface area contributed by atoms with Gasteiger partial charge in [-0.05, 0) is 31.4 Å². The zero-order valence-electron chi connectivity index (χ0n) is 19.8. The largest absolute Gasteiger partial charge is 0.496 e. The number of nitrogens with zero attached hydrogens (tertiary/aromatic N) is 3. The quantitative estimate of drug-likeness (QED) is 0.593. The summed E-state index contributed by atoms with van der Waals surface area (Å²) < 4.78 is 17.5. The third-order valence-corrected chi connectivity index (χ3v) is 7.02. The third kappa shape index (κ3) is 5.45. The van der Waals surface area contributed by atoms with Gasteiger partial charge in [-0.25, -0.2) is 4.98 Å². The number of hydrogen-bond acceptors (Lipinski definition) is 8. The molecule has 2 fully saturated rings. The van der Waals surface area contributed by atoms with Gasteiger partial charge in [0.05, 0.1) is 42.7 Å². The molecule has 0 spiro atoms. The van der Waals surface area contributed by atoms with Crippen molar-refractivity contribution in [2.75, 3.05) is 70.4 Å². The summed E-state index contributed by atoms with van der Waals surface area (Å²) in [5.41, 5.74) is 5.47. The van der Waals surface area contributed by atoms with Crippen LogP contribution < -0.4 is 29.3 Å². The van der Waals surface area contributed by atoms with Crippen LogP contribution in [0.25, 0.3) is 10.2 Å². The number of anilines is 2. The fourth-order valence-corrected chi connectivity index (χ4v) is 5.27. The van der Waals surface area contributed by atoms with E-state index in [0.29, 0.717) is 0 Å². The van der Waals surface area contributed by atoms with Crippen molar-refractivity contribution in [2.45, 2.75) is 19.3 Å². The molecule has 1 N–H and O–H groups in total. The number of aromatic nitrogens is 1. The number of ether oxygens (including phenoxy) is 3. The molecule has 3 heterocycles. The minimum Gasteiger partial charge on any atom is -0.496 e. The van der Waals surface area contributed by atoms with E-state index in [-0.39, 0.29) is 0 Å². The van der Waals surface area contributed by atoms with Crippen LogP contribution in [0.4, 0.5) is 11.4 Å². The van der Waals surface area contributed by atoms with Gasteiger partial charge in [-0.3, -0.25) is 0 Å². The molecule has 178 valence electrons. The van der Waals surface area contributed by atoms with Gasteiger partial charge in [0.1, 0.15) is 22.9 Å². The lowest BCUT2D eigenvalue weighted by molar-refractivity contribution is 0.374. The molecule has 0 bridgehead atoms. The Hall–Kier alpha value is -2.71. The van der Waals surface area contributed by atoms with Crippen LogP contribution in [-0.2, 0) is 0 Å². The number of piperidine rings is 1. The first kappa shape index (κ1) is 23.4. The van der Waals surface area contributed by atoms with Crippen LogP contribution in [0, 0.1) is 0 Å².